The molecule has 0 heterocycles. The van der Waals surface area contributed by atoms with Gasteiger partial charge in [-0.1, -0.05) is 192 Å². The highest BCUT2D eigenvalue weighted by molar-refractivity contribution is 7.47. The lowest BCUT2D eigenvalue weighted by Crippen LogP contribution is -2.29. The lowest BCUT2D eigenvalue weighted by Gasteiger charge is -2.19. The Morgan fingerprint density at radius 1 is 0.536 bits per heavy atom. The Kier molecular flexibility index (Phi) is 41.9. The third kappa shape index (κ3) is 42.1. The third-order valence-corrected chi connectivity index (χ3v) is 11.1. The van der Waals surface area contributed by atoms with Gasteiger partial charge in [-0.25, -0.2) is 4.57 Å². The Morgan fingerprint density at radius 2 is 0.929 bits per heavy atom. The van der Waals surface area contributed by atoms with E-state index in [0.717, 1.165) is 44.9 Å². The maximum absolute atomic E-state index is 12.6. The molecule has 330 valence electrons. The number of carbonyl (C=O) groups is 2. The predicted octanol–water partition coefficient (Wildman–Crippen LogP) is 13.6. The summed E-state index contributed by atoms with van der Waals surface area (Å²) in [5, 5.41) is 0. The molecule has 0 aliphatic rings. The van der Waals surface area contributed by atoms with E-state index in [2.05, 4.69) is 38.2 Å². The standard InChI is InChI=1S/C46H88NO8P/c1-3-5-7-9-11-13-15-17-19-20-21-22-23-25-26-28-30-32-34-36-38-45(48)52-42-44(43-54-56(50,51)53-41-40-47)55-46(49)39-37-35-33-31-29-27-24-18-16-14-12-10-8-6-4-2/h18,24,29,31,44H,3-17,19-23,25-28,30,32-43,47H2,1-2H3,(H,50,51)/b24-18+,31-29+/t44-/m1/s1. The summed E-state index contributed by atoms with van der Waals surface area (Å²) in [6, 6.07) is 0. The van der Waals surface area contributed by atoms with Crippen LogP contribution in [0, 0.1) is 0 Å². The largest absolute Gasteiger partial charge is 0.472 e. The summed E-state index contributed by atoms with van der Waals surface area (Å²) < 4.78 is 32.8. The van der Waals surface area contributed by atoms with Crippen molar-refractivity contribution in [3.05, 3.63) is 24.3 Å². The average molecular weight is 814 g/mol. The van der Waals surface area contributed by atoms with Crippen LogP contribution in [0.3, 0.4) is 0 Å². The molecule has 0 radical (unpaired) electrons. The van der Waals surface area contributed by atoms with E-state index in [1.165, 1.54) is 148 Å². The van der Waals surface area contributed by atoms with E-state index in [0.29, 0.717) is 6.42 Å². The molecule has 3 N–H and O–H groups in total. The minimum atomic E-state index is -4.38. The van der Waals surface area contributed by atoms with Gasteiger partial charge in [0.05, 0.1) is 13.2 Å². The highest BCUT2D eigenvalue weighted by Crippen LogP contribution is 2.43. The molecule has 0 bridgehead atoms. The van der Waals surface area contributed by atoms with Crippen LogP contribution in [0.4, 0.5) is 0 Å². The summed E-state index contributed by atoms with van der Waals surface area (Å²) in [7, 11) is -4.38. The zero-order valence-corrected chi connectivity index (χ0v) is 37.3. The highest BCUT2D eigenvalue weighted by atomic mass is 31.2. The molecule has 0 saturated carbocycles. The summed E-state index contributed by atoms with van der Waals surface area (Å²) in [6.45, 7) is 3.72. The van der Waals surface area contributed by atoms with Gasteiger partial charge in [0.25, 0.3) is 0 Å². The summed E-state index contributed by atoms with van der Waals surface area (Å²) in [6.07, 6.45) is 46.5. The molecule has 0 aromatic carbocycles. The first-order valence-electron chi connectivity index (χ1n) is 23.3. The normalized spacial score (nSPS) is 13.4. The van der Waals surface area contributed by atoms with Crippen LogP contribution in [0.5, 0.6) is 0 Å². The van der Waals surface area contributed by atoms with Gasteiger partial charge in [-0.05, 0) is 44.9 Å². The highest BCUT2D eigenvalue weighted by Gasteiger charge is 2.26. The van der Waals surface area contributed by atoms with Crippen LogP contribution < -0.4 is 5.73 Å². The molecule has 0 spiro atoms. The third-order valence-electron chi connectivity index (χ3n) is 10.1. The van der Waals surface area contributed by atoms with Crippen molar-refractivity contribution in [2.45, 2.75) is 232 Å². The van der Waals surface area contributed by atoms with Crippen LogP contribution in [-0.4, -0.2) is 49.3 Å². The Hall–Kier alpha value is -1.51. The fourth-order valence-electron chi connectivity index (χ4n) is 6.61. The number of rotatable bonds is 44. The summed E-state index contributed by atoms with van der Waals surface area (Å²) in [5.41, 5.74) is 5.35. The topological polar surface area (TPSA) is 134 Å². The van der Waals surface area contributed by atoms with Crippen molar-refractivity contribution in [1.29, 1.82) is 0 Å². The number of nitrogens with two attached hydrogens (primary N) is 1. The monoisotopic (exact) mass is 814 g/mol. The number of phosphoric acid groups is 1. The predicted molar refractivity (Wildman–Crippen MR) is 234 cm³/mol. The van der Waals surface area contributed by atoms with Crippen LogP contribution in [-0.2, 0) is 32.7 Å². The maximum Gasteiger partial charge on any atom is 0.472 e. The van der Waals surface area contributed by atoms with Crippen molar-refractivity contribution in [3.8, 4) is 0 Å². The van der Waals surface area contributed by atoms with E-state index in [1.54, 1.807) is 0 Å². The first-order chi connectivity index (χ1) is 27.3. The maximum atomic E-state index is 12.6. The number of hydrogen-bond acceptors (Lipinski definition) is 8. The van der Waals surface area contributed by atoms with E-state index < -0.39 is 26.5 Å². The minimum Gasteiger partial charge on any atom is -0.462 e. The molecule has 56 heavy (non-hydrogen) atoms. The van der Waals surface area contributed by atoms with Gasteiger partial charge in [-0.3, -0.25) is 18.6 Å². The van der Waals surface area contributed by atoms with Crippen LogP contribution in [0.25, 0.3) is 0 Å². The fourth-order valence-corrected chi connectivity index (χ4v) is 7.37. The number of allylic oxidation sites excluding steroid dienone is 4. The molecule has 0 aliphatic carbocycles. The van der Waals surface area contributed by atoms with Crippen molar-refractivity contribution < 1.29 is 37.6 Å². The first kappa shape index (κ1) is 54.5. The Labute approximate surface area is 344 Å². The molecular weight excluding hydrogens is 725 g/mol. The smallest absolute Gasteiger partial charge is 0.462 e. The second kappa shape index (κ2) is 43.1. The molecule has 0 saturated heterocycles. The number of carbonyl (C=O) groups excluding carboxylic acids is 2. The van der Waals surface area contributed by atoms with Crippen LogP contribution in [0.15, 0.2) is 24.3 Å². The van der Waals surface area contributed by atoms with E-state index >= 15 is 0 Å². The molecule has 0 aromatic heterocycles. The Balaban J connectivity index is 4.09. The number of esters is 2. The molecule has 0 fully saturated rings. The lowest BCUT2D eigenvalue weighted by molar-refractivity contribution is -0.161. The second-order valence-electron chi connectivity index (χ2n) is 15.6. The van der Waals surface area contributed by atoms with Crippen LogP contribution in [0.2, 0.25) is 0 Å². The molecule has 0 rings (SSSR count). The van der Waals surface area contributed by atoms with Crippen molar-refractivity contribution in [2.24, 2.45) is 5.73 Å². The summed E-state index contributed by atoms with van der Waals surface area (Å²) >= 11 is 0. The average Bonchev–Trinajstić information content (AvgIpc) is 3.18. The molecule has 0 aliphatic heterocycles. The molecule has 0 aromatic rings. The molecule has 9 nitrogen and oxygen atoms in total. The van der Waals surface area contributed by atoms with Gasteiger partial charge in [-0.15, -0.1) is 0 Å². The Bertz CT molecular complexity index is 975. The van der Waals surface area contributed by atoms with E-state index in [1.807, 2.05) is 0 Å². The molecular formula is C46H88NO8P. The Morgan fingerprint density at radius 3 is 1.39 bits per heavy atom. The van der Waals surface area contributed by atoms with Gasteiger partial charge < -0.3 is 20.1 Å². The van der Waals surface area contributed by atoms with Gasteiger partial charge in [0.2, 0.25) is 0 Å². The molecule has 1 unspecified atom stereocenters. The quantitative estimate of drug-likeness (QED) is 0.0267. The first-order valence-corrected chi connectivity index (χ1v) is 24.8. The minimum absolute atomic E-state index is 0.0502. The molecule has 10 heteroatoms. The van der Waals surface area contributed by atoms with Crippen molar-refractivity contribution >= 4 is 19.8 Å². The second-order valence-corrected chi connectivity index (χ2v) is 17.1. The van der Waals surface area contributed by atoms with Gasteiger partial charge in [0, 0.05) is 19.4 Å². The van der Waals surface area contributed by atoms with Crippen molar-refractivity contribution in [1.82, 2.24) is 0 Å². The number of ether oxygens (including phenoxy) is 2. The van der Waals surface area contributed by atoms with Crippen molar-refractivity contribution in [2.75, 3.05) is 26.4 Å². The SMILES string of the molecule is CCCCCCCC/C=C/C/C=C/CCCCC(=O)O[C@H](COC(=O)CCCCCCCCCCCCCCCCCCCCCC)COP(=O)(O)OCCN. The number of unbranched alkanes of at least 4 members (excludes halogenated alkanes) is 27. The van der Waals surface area contributed by atoms with Crippen molar-refractivity contribution in [3.63, 3.8) is 0 Å². The zero-order valence-electron chi connectivity index (χ0n) is 36.4. The van der Waals surface area contributed by atoms with Gasteiger partial charge in [0.15, 0.2) is 6.10 Å². The van der Waals surface area contributed by atoms with Gasteiger partial charge >= 0.3 is 19.8 Å². The summed E-state index contributed by atoms with van der Waals surface area (Å²) in [4.78, 5) is 34.9. The number of phosphoric ester groups is 1. The molecule has 2 atom stereocenters. The van der Waals surface area contributed by atoms with Crippen LogP contribution >= 0.6 is 7.82 Å². The van der Waals surface area contributed by atoms with E-state index in [4.69, 9.17) is 24.3 Å². The van der Waals surface area contributed by atoms with Crippen LogP contribution in [0.1, 0.15) is 226 Å². The van der Waals surface area contributed by atoms with E-state index in [9.17, 15) is 19.0 Å². The summed E-state index contributed by atoms with van der Waals surface area (Å²) in [5.74, 6) is -0.856. The lowest BCUT2D eigenvalue weighted by atomic mass is 10.0. The zero-order chi connectivity index (χ0) is 41.1. The fraction of sp³-hybridized carbons (Fsp3) is 0.870. The van der Waals surface area contributed by atoms with Gasteiger partial charge in [0.1, 0.15) is 6.61 Å². The van der Waals surface area contributed by atoms with E-state index in [-0.39, 0.29) is 38.6 Å². The van der Waals surface area contributed by atoms with Gasteiger partial charge in [-0.2, -0.15) is 0 Å². The number of hydrogen-bond donors (Lipinski definition) is 2. The molecule has 0 amide bonds.